The SMILES string of the molecule is CC(C)[C@H](NC(=O)CCc1ccc(S(=O)(=O)N2CCCC2)cc1)c1nc2ccccc2[nH]1. The molecule has 1 atom stereocenters. The molecule has 7 nitrogen and oxygen atoms in total. The molecule has 1 amide bonds. The van der Waals surface area contributed by atoms with E-state index in [0.717, 1.165) is 35.3 Å². The molecule has 8 heteroatoms. The van der Waals surface area contributed by atoms with Gasteiger partial charge in [-0.05, 0) is 55.0 Å². The third kappa shape index (κ3) is 4.86. The van der Waals surface area contributed by atoms with E-state index in [2.05, 4.69) is 29.1 Å². The molecular formula is C24H30N4O3S. The van der Waals surface area contributed by atoms with Gasteiger partial charge in [-0.3, -0.25) is 4.79 Å². The molecule has 0 aliphatic carbocycles. The number of aromatic nitrogens is 2. The normalized spacial score (nSPS) is 16.0. The molecule has 170 valence electrons. The lowest BCUT2D eigenvalue weighted by Crippen LogP contribution is -2.32. The van der Waals surface area contributed by atoms with Gasteiger partial charge >= 0.3 is 0 Å². The molecule has 2 aromatic carbocycles. The highest BCUT2D eigenvalue weighted by atomic mass is 32.2. The summed E-state index contributed by atoms with van der Waals surface area (Å²) in [5.41, 5.74) is 2.77. The standard InChI is InChI=1S/C24H30N4O3S/c1-17(2)23(24-25-20-7-3-4-8-21(20)26-24)27-22(29)14-11-18-9-12-19(13-10-18)32(30,31)28-15-5-6-16-28/h3-4,7-10,12-13,17,23H,5-6,11,14-16H2,1-2H3,(H,25,26)(H,27,29)/t23-/m0/s1. The van der Waals surface area contributed by atoms with E-state index in [1.165, 1.54) is 0 Å². The number of H-pyrrole nitrogens is 1. The Hall–Kier alpha value is -2.71. The molecule has 0 saturated carbocycles. The number of aryl methyl sites for hydroxylation is 1. The molecule has 3 aromatic rings. The van der Waals surface area contributed by atoms with Crippen LogP contribution >= 0.6 is 0 Å². The maximum atomic E-state index is 12.7. The van der Waals surface area contributed by atoms with E-state index >= 15 is 0 Å². The number of benzene rings is 2. The van der Waals surface area contributed by atoms with Gasteiger partial charge in [-0.1, -0.05) is 38.1 Å². The fourth-order valence-electron chi connectivity index (χ4n) is 4.08. The van der Waals surface area contributed by atoms with Gasteiger partial charge in [-0.25, -0.2) is 13.4 Å². The van der Waals surface area contributed by atoms with E-state index in [1.807, 2.05) is 24.3 Å². The lowest BCUT2D eigenvalue weighted by Gasteiger charge is -2.20. The number of fused-ring (bicyclic) bond motifs is 1. The lowest BCUT2D eigenvalue weighted by atomic mass is 10.0. The summed E-state index contributed by atoms with van der Waals surface area (Å²) in [4.78, 5) is 20.9. The van der Waals surface area contributed by atoms with Gasteiger partial charge in [-0.15, -0.1) is 0 Å². The quantitative estimate of drug-likeness (QED) is 0.541. The van der Waals surface area contributed by atoms with Crippen molar-refractivity contribution in [1.29, 1.82) is 0 Å². The van der Waals surface area contributed by atoms with Crippen LogP contribution in [-0.2, 0) is 21.2 Å². The van der Waals surface area contributed by atoms with Gasteiger partial charge in [0.1, 0.15) is 5.82 Å². The number of amides is 1. The van der Waals surface area contributed by atoms with Gasteiger partial charge in [0.2, 0.25) is 15.9 Å². The maximum Gasteiger partial charge on any atom is 0.243 e. The van der Waals surface area contributed by atoms with Crippen molar-refractivity contribution in [3.05, 3.63) is 59.9 Å². The van der Waals surface area contributed by atoms with Crippen LogP contribution in [0.25, 0.3) is 11.0 Å². The van der Waals surface area contributed by atoms with Gasteiger partial charge in [0.25, 0.3) is 0 Å². The zero-order valence-electron chi connectivity index (χ0n) is 18.5. The Kier molecular flexibility index (Phi) is 6.62. The fraction of sp³-hybridized carbons (Fsp3) is 0.417. The molecule has 0 radical (unpaired) electrons. The Morgan fingerprint density at radius 3 is 2.44 bits per heavy atom. The fourth-order valence-corrected chi connectivity index (χ4v) is 5.60. The van der Waals surface area contributed by atoms with Crippen LogP contribution in [0.2, 0.25) is 0 Å². The predicted octanol–water partition coefficient (Wildman–Crippen LogP) is 3.79. The lowest BCUT2D eigenvalue weighted by molar-refractivity contribution is -0.122. The second-order valence-corrected chi connectivity index (χ2v) is 10.6. The smallest absolute Gasteiger partial charge is 0.243 e. The van der Waals surface area contributed by atoms with Crippen molar-refractivity contribution in [3.63, 3.8) is 0 Å². The number of para-hydroxylation sites is 2. The van der Waals surface area contributed by atoms with E-state index in [0.29, 0.717) is 30.8 Å². The van der Waals surface area contributed by atoms with Gasteiger partial charge in [0.05, 0.1) is 22.0 Å². The average molecular weight is 455 g/mol. The molecule has 1 fully saturated rings. The summed E-state index contributed by atoms with van der Waals surface area (Å²) in [5.74, 6) is 0.874. The third-order valence-electron chi connectivity index (χ3n) is 5.95. The first-order valence-corrected chi connectivity index (χ1v) is 12.6. The van der Waals surface area contributed by atoms with Gasteiger partial charge in [-0.2, -0.15) is 4.31 Å². The molecule has 4 rings (SSSR count). The van der Waals surface area contributed by atoms with Gasteiger partial charge in [0, 0.05) is 19.5 Å². The molecule has 2 N–H and O–H groups in total. The van der Waals surface area contributed by atoms with Crippen LogP contribution in [0, 0.1) is 5.92 Å². The molecule has 32 heavy (non-hydrogen) atoms. The first-order chi connectivity index (χ1) is 15.3. The molecule has 0 spiro atoms. The minimum absolute atomic E-state index is 0.0575. The van der Waals surface area contributed by atoms with Crippen LogP contribution < -0.4 is 5.32 Å². The molecule has 1 aliphatic heterocycles. The van der Waals surface area contributed by atoms with E-state index in [-0.39, 0.29) is 17.9 Å². The monoisotopic (exact) mass is 454 g/mol. The van der Waals surface area contributed by atoms with Crippen LogP contribution in [0.1, 0.15) is 50.5 Å². The van der Waals surface area contributed by atoms with Gasteiger partial charge < -0.3 is 10.3 Å². The molecule has 2 heterocycles. The zero-order chi connectivity index (χ0) is 22.7. The first kappa shape index (κ1) is 22.5. The summed E-state index contributed by atoms with van der Waals surface area (Å²) in [5, 5.41) is 3.10. The molecule has 1 aromatic heterocycles. The van der Waals surface area contributed by atoms with Gasteiger partial charge in [0.15, 0.2) is 0 Å². The number of nitrogens with zero attached hydrogens (tertiary/aromatic N) is 2. The largest absolute Gasteiger partial charge is 0.346 e. The van der Waals surface area contributed by atoms with E-state index in [9.17, 15) is 13.2 Å². The Labute approximate surface area is 189 Å². The number of imidazole rings is 1. The second kappa shape index (κ2) is 9.42. The summed E-state index contributed by atoms with van der Waals surface area (Å²) in [6.07, 6.45) is 2.69. The number of carbonyl (C=O) groups excluding carboxylic acids is 1. The molecule has 1 saturated heterocycles. The highest BCUT2D eigenvalue weighted by Gasteiger charge is 2.27. The van der Waals surface area contributed by atoms with E-state index in [1.54, 1.807) is 28.6 Å². The van der Waals surface area contributed by atoms with Crippen molar-refractivity contribution in [2.75, 3.05) is 13.1 Å². The van der Waals surface area contributed by atoms with Crippen molar-refractivity contribution in [1.82, 2.24) is 19.6 Å². The predicted molar refractivity (Wildman–Crippen MR) is 125 cm³/mol. The van der Waals surface area contributed by atoms with Crippen LogP contribution in [0.5, 0.6) is 0 Å². The third-order valence-corrected chi connectivity index (χ3v) is 7.87. The van der Waals surface area contributed by atoms with Crippen LogP contribution in [-0.4, -0.2) is 41.7 Å². The minimum atomic E-state index is -3.41. The van der Waals surface area contributed by atoms with E-state index < -0.39 is 10.0 Å². The number of rotatable bonds is 8. The number of nitrogens with one attached hydrogen (secondary N) is 2. The summed E-state index contributed by atoms with van der Waals surface area (Å²) in [6, 6.07) is 14.5. The minimum Gasteiger partial charge on any atom is -0.346 e. The highest BCUT2D eigenvalue weighted by molar-refractivity contribution is 7.89. The first-order valence-electron chi connectivity index (χ1n) is 11.2. The summed E-state index contributed by atoms with van der Waals surface area (Å²) < 4.78 is 26.8. The number of carbonyl (C=O) groups is 1. The highest BCUT2D eigenvalue weighted by Crippen LogP contribution is 2.23. The number of hydrogen-bond donors (Lipinski definition) is 2. The summed E-state index contributed by atoms with van der Waals surface area (Å²) in [7, 11) is -3.41. The second-order valence-electron chi connectivity index (χ2n) is 8.68. The Balaban J connectivity index is 1.37. The Bertz CT molecular complexity index is 1150. The zero-order valence-corrected chi connectivity index (χ0v) is 19.4. The molecular weight excluding hydrogens is 424 g/mol. The van der Waals surface area contributed by atoms with Crippen LogP contribution in [0.4, 0.5) is 0 Å². The van der Waals surface area contributed by atoms with Crippen molar-refractivity contribution in [3.8, 4) is 0 Å². The van der Waals surface area contributed by atoms with Crippen LogP contribution in [0.3, 0.4) is 0 Å². The number of sulfonamides is 1. The van der Waals surface area contributed by atoms with Crippen molar-refractivity contribution in [2.24, 2.45) is 5.92 Å². The molecule has 0 bridgehead atoms. The van der Waals surface area contributed by atoms with Crippen molar-refractivity contribution >= 4 is 27.0 Å². The summed E-state index contributed by atoms with van der Waals surface area (Å²) in [6.45, 7) is 5.29. The Morgan fingerprint density at radius 1 is 1.09 bits per heavy atom. The van der Waals surface area contributed by atoms with Crippen molar-refractivity contribution < 1.29 is 13.2 Å². The van der Waals surface area contributed by atoms with Crippen molar-refractivity contribution in [2.45, 2.75) is 50.5 Å². The Morgan fingerprint density at radius 2 is 1.78 bits per heavy atom. The molecule has 0 unspecified atom stereocenters. The number of hydrogen-bond acceptors (Lipinski definition) is 4. The molecule has 1 aliphatic rings. The van der Waals surface area contributed by atoms with E-state index in [4.69, 9.17) is 0 Å². The summed E-state index contributed by atoms with van der Waals surface area (Å²) >= 11 is 0. The topological polar surface area (TPSA) is 95.2 Å². The maximum absolute atomic E-state index is 12.7. The average Bonchev–Trinajstić information content (AvgIpc) is 3.46. The van der Waals surface area contributed by atoms with Crippen LogP contribution in [0.15, 0.2) is 53.4 Å². The number of aromatic amines is 1.